The van der Waals surface area contributed by atoms with Crippen LogP contribution in [0.25, 0.3) is 22.2 Å². The Morgan fingerprint density at radius 2 is 1.94 bits per heavy atom. The summed E-state index contributed by atoms with van der Waals surface area (Å²) in [4.78, 5) is 23.2. The Balaban J connectivity index is 1.33. The summed E-state index contributed by atoms with van der Waals surface area (Å²) >= 11 is 0. The molecule has 1 aromatic carbocycles. The Hall–Kier alpha value is -3.99. The molecule has 2 amide bonds. The predicted molar refractivity (Wildman–Crippen MR) is 129 cm³/mol. The number of alkyl halides is 3. The molecule has 0 aliphatic carbocycles. The first kappa shape index (κ1) is 23.7. The molecule has 4 heterocycles. The molecular weight excluding hydrogens is 471 g/mol. The van der Waals surface area contributed by atoms with Crippen molar-refractivity contribution in [3.05, 3.63) is 71.7 Å². The van der Waals surface area contributed by atoms with Gasteiger partial charge in [-0.15, -0.1) is 0 Å². The molecule has 0 bridgehead atoms. The van der Waals surface area contributed by atoms with Gasteiger partial charge in [0.25, 0.3) is 0 Å². The Bertz CT molecular complexity index is 1420. The van der Waals surface area contributed by atoms with Gasteiger partial charge in [-0.3, -0.25) is 15.4 Å². The zero-order valence-electron chi connectivity index (χ0n) is 19.6. The van der Waals surface area contributed by atoms with E-state index in [0.29, 0.717) is 24.4 Å². The number of halogens is 3. The van der Waals surface area contributed by atoms with Crippen LogP contribution in [-0.4, -0.2) is 57.3 Å². The number of carbonyl (C=O) groups is 1. The fourth-order valence-electron chi connectivity index (χ4n) is 4.76. The highest BCUT2D eigenvalue weighted by molar-refractivity contribution is 5.95. The lowest BCUT2D eigenvalue weighted by Crippen LogP contribution is -2.42. The summed E-state index contributed by atoms with van der Waals surface area (Å²) in [6.45, 7) is 2.71. The number of fused-ring (bicyclic) bond motifs is 1. The SMILES string of the molecule is Cc1cc(-c2n[nH]c3cc(NC(=O)NC4CN(C)C[C@@H]4c4ccccc4C(F)(F)F)ncc23)ccn1. The van der Waals surface area contributed by atoms with Crippen LogP contribution in [0.15, 0.2) is 54.9 Å². The number of hydrogen-bond donors (Lipinski definition) is 3. The maximum Gasteiger partial charge on any atom is 0.416 e. The zero-order valence-corrected chi connectivity index (χ0v) is 19.6. The van der Waals surface area contributed by atoms with Crippen molar-refractivity contribution in [2.24, 2.45) is 0 Å². The van der Waals surface area contributed by atoms with Gasteiger partial charge in [-0.1, -0.05) is 18.2 Å². The third-order valence-electron chi connectivity index (χ3n) is 6.34. The molecule has 186 valence electrons. The number of nitrogens with zero attached hydrogens (tertiary/aromatic N) is 4. The number of benzene rings is 1. The molecule has 0 spiro atoms. The maximum atomic E-state index is 13.6. The number of aryl methyl sites for hydroxylation is 1. The summed E-state index contributed by atoms with van der Waals surface area (Å²) < 4.78 is 40.8. The van der Waals surface area contributed by atoms with Crippen LogP contribution in [0.2, 0.25) is 0 Å². The van der Waals surface area contributed by atoms with Crippen LogP contribution < -0.4 is 10.6 Å². The summed E-state index contributed by atoms with van der Waals surface area (Å²) in [6, 6.07) is 9.91. The van der Waals surface area contributed by atoms with Gasteiger partial charge < -0.3 is 10.2 Å². The van der Waals surface area contributed by atoms with Crippen molar-refractivity contribution in [3.8, 4) is 11.3 Å². The van der Waals surface area contributed by atoms with Crippen molar-refractivity contribution >= 4 is 22.8 Å². The number of aromatic nitrogens is 4. The van der Waals surface area contributed by atoms with Gasteiger partial charge in [0.1, 0.15) is 11.5 Å². The molecule has 1 aliphatic rings. The molecule has 3 N–H and O–H groups in total. The van der Waals surface area contributed by atoms with Crippen LogP contribution in [0.1, 0.15) is 22.7 Å². The van der Waals surface area contributed by atoms with E-state index >= 15 is 0 Å². The van der Waals surface area contributed by atoms with Crippen LogP contribution >= 0.6 is 0 Å². The number of rotatable bonds is 4. The normalized spacial score (nSPS) is 18.5. The molecule has 3 aromatic heterocycles. The monoisotopic (exact) mass is 495 g/mol. The van der Waals surface area contributed by atoms with Gasteiger partial charge in [-0.05, 0) is 37.7 Å². The number of likely N-dealkylation sites (N-methyl/N-ethyl adjacent to an activating group) is 1. The van der Waals surface area contributed by atoms with E-state index < -0.39 is 29.7 Å². The minimum Gasteiger partial charge on any atom is -0.333 e. The summed E-state index contributed by atoms with van der Waals surface area (Å²) in [6.07, 6.45) is -1.15. The molecule has 0 saturated carbocycles. The van der Waals surface area contributed by atoms with Crippen molar-refractivity contribution in [2.45, 2.75) is 25.1 Å². The maximum absolute atomic E-state index is 13.6. The van der Waals surface area contributed by atoms with E-state index in [1.807, 2.05) is 31.0 Å². The van der Waals surface area contributed by atoms with E-state index in [9.17, 15) is 18.0 Å². The molecular formula is C25H24F3N7O. The quantitative estimate of drug-likeness (QED) is 0.385. The molecule has 8 nitrogen and oxygen atoms in total. The molecule has 1 unspecified atom stereocenters. The van der Waals surface area contributed by atoms with Crippen molar-refractivity contribution in [1.29, 1.82) is 0 Å². The molecule has 0 radical (unpaired) electrons. The Morgan fingerprint density at radius 3 is 2.72 bits per heavy atom. The number of hydrogen-bond acceptors (Lipinski definition) is 5. The summed E-state index contributed by atoms with van der Waals surface area (Å²) in [5.74, 6) is -0.215. The lowest BCUT2D eigenvalue weighted by atomic mass is 9.90. The van der Waals surface area contributed by atoms with E-state index in [0.717, 1.165) is 28.4 Å². The molecule has 2 atom stereocenters. The fraction of sp³-hybridized carbons (Fsp3) is 0.280. The van der Waals surface area contributed by atoms with E-state index in [-0.39, 0.29) is 5.56 Å². The highest BCUT2D eigenvalue weighted by atomic mass is 19.4. The van der Waals surface area contributed by atoms with Gasteiger partial charge in [0, 0.05) is 54.1 Å². The number of urea groups is 1. The van der Waals surface area contributed by atoms with Gasteiger partial charge in [0.05, 0.1) is 17.1 Å². The zero-order chi connectivity index (χ0) is 25.4. The van der Waals surface area contributed by atoms with Gasteiger partial charge in [0.2, 0.25) is 0 Å². The summed E-state index contributed by atoms with van der Waals surface area (Å²) in [5.41, 5.74) is 2.66. The van der Waals surface area contributed by atoms with Crippen molar-refractivity contribution < 1.29 is 18.0 Å². The second-order valence-electron chi connectivity index (χ2n) is 8.99. The number of carbonyl (C=O) groups excluding carboxylic acids is 1. The van der Waals surface area contributed by atoms with Gasteiger partial charge in [0.15, 0.2) is 0 Å². The van der Waals surface area contributed by atoms with Crippen LogP contribution in [0.4, 0.5) is 23.8 Å². The number of H-pyrrole nitrogens is 1. The van der Waals surface area contributed by atoms with Gasteiger partial charge in [-0.2, -0.15) is 18.3 Å². The van der Waals surface area contributed by atoms with E-state index in [2.05, 4.69) is 30.8 Å². The second kappa shape index (κ2) is 9.23. The van der Waals surface area contributed by atoms with Crippen molar-refractivity contribution in [1.82, 2.24) is 30.4 Å². The number of amides is 2. The standard InChI is InChI=1S/C25H24F3N7O/c1-14-9-15(7-8-29-14)23-17-11-30-22(10-20(17)33-34-23)32-24(36)31-21-13-35(2)12-18(21)16-5-3-4-6-19(16)25(26,27)28/h3-11,18,21H,12-13H2,1-2H3,(H,33,34)(H2,30,31,32,36)/t18-,21?/m1/s1. The van der Waals surface area contributed by atoms with Crippen LogP contribution in [0.3, 0.4) is 0 Å². The minimum atomic E-state index is -4.47. The topological polar surface area (TPSA) is 98.8 Å². The first-order valence-electron chi connectivity index (χ1n) is 11.4. The van der Waals surface area contributed by atoms with Crippen molar-refractivity contribution in [3.63, 3.8) is 0 Å². The summed E-state index contributed by atoms with van der Waals surface area (Å²) in [7, 11) is 1.82. The van der Waals surface area contributed by atoms with Crippen LogP contribution in [0.5, 0.6) is 0 Å². The second-order valence-corrected chi connectivity index (χ2v) is 8.99. The van der Waals surface area contributed by atoms with E-state index in [1.165, 1.54) is 12.1 Å². The van der Waals surface area contributed by atoms with Crippen LogP contribution in [0, 0.1) is 6.92 Å². The molecule has 36 heavy (non-hydrogen) atoms. The number of nitrogens with one attached hydrogen (secondary N) is 3. The molecule has 1 fully saturated rings. The third kappa shape index (κ3) is 4.74. The number of pyridine rings is 2. The van der Waals surface area contributed by atoms with Crippen LogP contribution in [-0.2, 0) is 6.18 Å². The first-order chi connectivity index (χ1) is 17.2. The number of anilines is 1. The molecule has 1 saturated heterocycles. The average molecular weight is 496 g/mol. The van der Waals surface area contributed by atoms with Gasteiger partial charge >= 0.3 is 12.2 Å². The Morgan fingerprint density at radius 1 is 1.14 bits per heavy atom. The van der Waals surface area contributed by atoms with E-state index in [1.54, 1.807) is 24.5 Å². The smallest absolute Gasteiger partial charge is 0.333 e. The lowest BCUT2D eigenvalue weighted by molar-refractivity contribution is -0.138. The minimum absolute atomic E-state index is 0.176. The first-order valence-corrected chi connectivity index (χ1v) is 11.4. The molecule has 5 rings (SSSR count). The number of aromatic amines is 1. The van der Waals surface area contributed by atoms with Crippen molar-refractivity contribution in [2.75, 3.05) is 25.5 Å². The van der Waals surface area contributed by atoms with E-state index in [4.69, 9.17) is 0 Å². The van der Waals surface area contributed by atoms with Gasteiger partial charge in [-0.25, -0.2) is 9.78 Å². The fourth-order valence-corrected chi connectivity index (χ4v) is 4.76. The lowest BCUT2D eigenvalue weighted by Gasteiger charge is -2.23. The highest BCUT2D eigenvalue weighted by Gasteiger charge is 2.40. The Labute approximate surface area is 204 Å². The average Bonchev–Trinajstić information content (AvgIpc) is 3.41. The Kier molecular flexibility index (Phi) is 6.09. The largest absolute Gasteiger partial charge is 0.416 e. The predicted octanol–water partition coefficient (Wildman–Crippen LogP) is 4.57. The third-order valence-corrected chi connectivity index (χ3v) is 6.34. The molecule has 1 aliphatic heterocycles. The number of likely N-dealkylation sites (tertiary alicyclic amines) is 1. The molecule has 11 heteroatoms. The highest BCUT2D eigenvalue weighted by Crippen LogP contribution is 2.38. The summed E-state index contributed by atoms with van der Waals surface area (Å²) in [5, 5.41) is 13.6. The molecule has 4 aromatic rings.